The van der Waals surface area contributed by atoms with Crippen molar-refractivity contribution < 1.29 is 0 Å². The van der Waals surface area contributed by atoms with Gasteiger partial charge >= 0.3 is 0 Å². The van der Waals surface area contributed by atoms with Crippen LogP contribution in [-0.4, -0.2) is 44.0 Å². The van der Waals surface area contributed by atoms with Gasteiger partial charge in [-0.1, -0.05) is 0 Å². The number of hydrogen-bond donors (Lipinski definition) is 2. The summed E-state index contributed by atoms with van der Waals surface area (Å²) in [5, 5.41) is 7.47. The molecule has 0 aliphatic heterocycles. The number of nitrogens with one attached hydrogen (secondary N) is 1. The number of hydrogen-bond acceptors (Lipinski definition) is 3. The molecule has 1 unspecified atom stereocenters. The van der Waals surface area contributed by atoms with Crippen molar-refractivity contribution in [2.75, 3.05) is 32.1 Å². The fourth-order valence-corrected chi connectivity index (χ4v) is 2.86. The Morgan fingerprint density at radius 1 is 1.42 bits per heavy atom. The second-order valence-corrected chi connectivity index (χ2v) is 5.83. The van der Waals surface area contributed by atoms with Gasteiger partial charge in [-0.15, -0.1) is 0 Å². The van der Waals surface area contributed by atoms with E-state index in [0.29, 0.717) is 6.04 Å². The molecule has 3 N–H and O–H groups in total. The molecule has 106 valence electrons. The van der Waals surface area contributed by atoms with Crippen molar-refractivity contribution in [1.82, 2.24) is 4.90 Å². The average Bonchev–Trinajstić information content (AvgIpc) is 2.30. The Kier molecular flexibility index (Phi) is 5.82. The van der Waals surface area contributed by atoms with E-state index in [2.05, 4.69) is 53.7 Å². The topological polar surface area (TPSA) is 56.4 Å². The molecule has 0 radical (unpaired) electrons. The monoisotopic (exact) mass is 326 g/mol. The molecule has 0 amide bonds. The molecular formula is C14H23BrN4. The summed E-state index contributed by atoms with van der Waals surface area (Å²) in [4.78, 5) is 4.53. The number of likely N-dealkylation sites (N-methyl/N-ethyl adjacent to an activating group) is 2. The van der Waals surface area contributed by atoms with Gasteiger partial charge in [-0.3, -0.25) is 5.41 Å². The van der Waals surface area contributed by atoms with Gasteiger partial charge in [-0.2, -0.15) is 0 Å². The number of halogens is 1. The quantitative estimate of drug-likeness (QED) is 0.623. The van der Waals surface area contributed by atoms with Gasteiger partial charge < -0.3 is 15.5 Å². The van der Waals surface area contributed by atoms with Crippen LogP contribution in [0.1, 0.15) is 19.4 Å². The maximum absolute atomic E-state index is 7.47. The van der Waals surface area contributed by atoms with Gasteiger partial charge in [0.05, 0.1) is 5.69 Å². The lowest BCUT2D eigenvalue weighted by Gasteiger charge is -2.33. The van der Waals surface area contributed by atoms with Crippen LogP contribution in [-0.2, 0) is 0 Å². The molecule has 19 heavy (non-hydrogen) atoms. The van der Waals surface area contributed by atoms with Gasteiger partial charge in [0.15, 0.2) is 0 Å². The maximum Gasteiger partial charge on any atom is 0.122 e. The van der Waals surface area contributed by atoms with Crippen molar-refractivity contribution in [3.63, 3.8) is 0 Å². The SMILES string of the molecule is CCN(c1ccc(C(=N)N)cc1Br)C(C)CN(C)C. The minimum Gasteiger partial charge on any atom is -0.384 e. The van der Waals surface area contributed by atoms with Crippen molar-refractivity contribution in [2.24, 2.45) is 5.73 Å². The van der Waals surface area contributed by atoms with E-state index >= 15 is 0 Å². The predicted octanol–water partition coefficient (Wildman–Crippen LogP) is 2.51. The van der Waals surface area contributed by atoms with E-state index in [-0.39, 0.29) is 5.84 Å². The Morgan fingerprint density at radius 3 is 2.47 bits per heavy atom. The van der Waals surface area contributed by atoms with Gasteiger partial charge in [-0.05, 0) is 62.1 Å². The standard InChI is InChI=1S/C14H23BrN4/c1-5-19(10(2)9-18(3)4)13-7-6-11(14(16)17)8-12(13)15/h6-8,10H,5,9H2,1-4H3,(H3,16,17). The zero-order valence-electron chi connectivity index (χ0n) is 12.1. The molecule has 0 saturated carbocycles. The third kappa shape index (κ3) is 4.21. The molecule has 0 fully saturated rings. The molecule has 0 bridgehead atoms. The molecule has 1 rings (SSSR count). The van der Waals surface area contributed by atoms with Crippen molar-refractivity contribution in [1.29, 1.82) is 5.41 Å². The second kappa shape index (κ2) is 6.91. The third-order valence-electron chi connectivity index (χ3n) is 3.07. The van der Waals surface area contributed by atoms with Gasteiger partial charge in [0, 0.05) is 29.2 Å². The molecule has 0 spiro atoms. The van der Waals surface area contributed by atoms with E-state index in [9.17, 15) is 0 Å². The first-order valence-corrected chi connectivity index (χ1v) is 7.21. The fraction of sp³-hybridized carbons (Fsp3) is 0.500. The number of anilines is 1. The normalized spacial score (nSPS) is 12.5. The first kappa shape index (κ1) is 16.0. The molecule has 0 aliphatic carbocycles. The van der Waals surface area contributed by atoms with Crippen LogP contribution in [0.15, 0.2) is 22.7 Å². The van der Waals surface area contributed by atoms with Crippen LogP contribution in [0, 0.1) is 5.41 Å². The van der Waals surface area contributed by atoms with E-state index in [4.69, 9.17) is 11.1 Å². The summed E-state index contributed by atoms with van der Waals surface area (Å²) in [6, 6.07) is 6.24. The molecular weight excluding hydrogens is 304 g/mol. The fourth-order valence-electron chi connectivity index (χ4n) is 2.25. The Labute approximate surface area is 124 Å². The zero-order chi connectivity index (χ0) is 14.6. The summed E-state index contributed by atoms with van der Waals surface area (Å²) in [6.45, 7) is 6.30. The van der Waals surface area contributed by atoms with Crippen molar-refractivity contribution >= 4 is 27.5 Å². The van der Waals surface area contributed by atoms with Gasteiger partial charge in [-0.25, -0.2) is 0 Å². The number of amidine groups is 1. The first-order chi connectivity index (χ1) is 8.86. The lowest BCUT2D eigenvalue weighted by Crippen LogP contribution is -2.40. The largest absolute Gasteiger partial charge is 0.384 e. The summed E-state index contributed by atoms with van der Waals surface area (Å²) in [5.74, 6) is 0.0941. The number of rotatable bonds is 6. The highest BCUT2D eigenvalue weighted by molar-refractivity contribution is 9.10. The Hall–Kier alpha value is -1.07. The minimum atomic E-state index is 0.0941. The van der Waals surface area contributed by atoms with Crippen LogP contribution in [0.3, 0.4) is 0 Å². The van der Waals surface area contributed by atoms with Crippen LogP contribution in [0.4, 0.5) is 5.69 Å². The molecule has 1 aromatic carbocycles. The number of nitrogen functional groups attached to an aromatic ring is 1. The number of benzene rings is 1. The highest BCUT2D eigenvalue weighted by atomic mass is 79.9. The molecule has 1 atom stereocenters. The zero-order valence-corrected chi connectivity index (χ0v) is 13.7. The van der Waals surface area contributed by atoms with E-state index in [1.807, 2.05) is 18.2 Å². The highest BCUT2D eigenvalue weighted by Crippen LogP contribution is 2.28. The molecule has 0 saturated heterocycles. The second-order valence-electron chi connectivity index (χ2n) is 4.98. The van der Waals surface area contributed by atoms with Crippen molar-refractivity contribution in [2.45, 2.75) is 19.9 Å². The van der Waals surface area contributed by atoms with Gasteiger partial charge in [0.1, 0.15) is 5.84 Å². The Morgan fingerprint density at radius 2 is 2.05 bits per heavy atom. The number of nitrogens with zero attached hydrogens (tertiary/aromatic N) is 2. The molecule has 1 aromatic rings. The molecule has 0 aliphatic rings. The first-order valence-electron chi connectivity index (χ1n) is 6.42. The summed E-state index contributed by atoms with van der Waals surface area (Å²) >= 11 is 3.58. The molecule has 5 heteroatoms. The van der Waals surface area contributed by atoms with Crippen molar-refractivity contribution in [3.8, 4) is 0 Å². The lowest BCUT2D eigenvalue weighted by atomic mass is 10.1. The lowest BCUT2D eigenvalue weighted by molar-refractivity contribution is 0.373. The highest BCUT2D eigenvalue weighted by Gasteiger charge is 2.16. The van der Waals surface area contributed by atoms with Crippen molar-refractivity contribution in [3.05, 3.63) is 28.2 Å². The van der Waals surface area contributed by atoms with Crippen LogP contribution in [0.25, 0.3) is 0 Å². The summed E-state index contributed by atoms with van der Waals surface area (Å²) < 4.78 is 0.979. The van der Waals surface area contributed by atoms with Crippen LogP contribution >= 0.6 is 15.9 Å². The van der Waals surface area contributed by atoms with E-state index < -0.39 is 0 Å². The summed E-state index contributed by atoms with van der Waals surface area (Å²) in [7, 11) is 4.16. The summed E-state index contributed by atoms with van der Waals surface area (Å²) in [5.41, 5.74) is 7.39. The summed E-state index contributed by atoms with van der Waals surface area (Å²) in [6.07, 6.45) is 0. The van der Waals surface area contributed by atoms with Gasteiger partial charge in [0.2, 0.25) is 0 Å². The van der Waals surface area contributed by atoms with E-state index in [0.717, 1.165) is 28.8 Å². The van der Waals surface area contributed by atoms with Gasteiger partial charge in [0.25, 0.3) is 0 Å². The molecule has 0 heterocycles. The third-order valence-corrected chi connectivity index (χ3v) is 3.71. The van der Waals surface area contributed by atoms with E-state index in [1.54, 1.807) is 0 Å². The van der Waals surface area contributed by atoms with E-state index in [1.165, 1.54) is 0 Å². The average molecular weight is 327 g/mol. The van der Waals surface area contributed by atoms with Crippen LogP contribution in [0.2, 0.25) is 0 Å². The van der Waals surface area contributed by atoms with Crippen LogP contribution in [0.5, 0.6) is 0 Å². The molecule has 4 nitrogen and oxygen atoms in total. The molecule has 0 aromatic heterocycles. The smallest absolute Gasteiger partial charge is 0.122 e. The Bertz CT molecular complexity index is 445. The number of nitrogens with two attached hydrogens (primary N) is 1. The Balaban J connectivity index is 3.02. The van der Waals surface area contributed by atoms with Crippen LogP contribution < -0.4 is 10.6 Å². The maximum atomic E-state index is 7.47. The predicted molar refractivity (Wildman–Crippen MR) is 86.2 cm³/mol. The minimum absolute atomic E-state index is 0.0941.